The van der Waals surface area contributed by atoms with Crippen LogP contribution in [0.5, 0.6) is 0 Å². The van der Waals surface area contributed by atoms with Crippen molar-refractivity contribution in [1.82, 2.24) is 4.90 Å². The highest BCUT2D eigenvalue weighted by Crippen LogP contribution is 2.29. The minimum Gasteiger partial charge on any atom is -0.313 e. The summed E-state index contributed by atoms with van der Waals surface area (Å²) < 4.78 is 0. The van der Waals surface area contributed by atoms with Gasteiger partial charge in [0.25, 0.3) is 0 Å². The van der Waals surface area contributed by atoms with Crippen LogP contribution in [-0.4, -0.2) is 30.1 Å². The Morgan fingerprint density at radius 3 is 2.29 bits per heavy atom. The summed E-state index contributed by atoms with van der Waals surface area (Å²) in [5, 5.41) is 9.00. The molecule has 0 bridgehead atoms. The van der Waals surface area contributed by atoms with Crippen LogP contribution in [0.2, 0.25) is 0 Å². The minimum atomic E-state index is -0.554. The Morgan fingerprint density at radius 2 is 1.88 bits per heavy atom. The van der Waals surface area contributed by atoms with Crippen LogP contribution in [0.3, 0.4) is 0 Å². The van der Waals surface area contributed by atoms with Crippen molar-refractivity contribution in [1.29, 1.82) is 5.26 Å². The second-order valence-corrected chi connectivity index (χ2v) is 6.79. The van der Waals surface area contributed by atoms with Crippen LogP contribution < -0.4 is 5.73 Å². The molecule has 0 spiro atoms. The number of nitrogens with zero attached hydrogens (tertiary/aromatic N) is 2. The lowest BCUT2D eigenvalue weighted by Gasteiger charge is -2.37. The van der Waals surface area contributed by atoms with Gasteiger partial charge in [0.2, 0.25) is 0 Å². The van der Waals surface area contributed by atoms with Crippen molar-refractivity contribution in [2.75, 3.05) is 13.6 Å². The van der Waals surface area contributed by atoms with Gasteiger partial charge in [-0.25, -0.2) is 0 Å². The molecule has 3 heteroatoms. The molecule has 1 fully saturated rings. The maximum absolute atomic E-state index is 9.00. The number of nitrogens with two attached hydrogens (primary N) is 1. The van der Waals surface area contributed by atoms with Crippen LogP contribution in [0.4, 0.5) is 0 Å². The Balaban J connectivity index is 2.37. The molecule has 1 rings (SSSR count). The van der Waals surface area contributed by atoms with Crippen molar-refractivity contribution in [2.45, 2.75) is 64.5 Å². The number of hydrogen-bond donors (Lipinski definition) is 1. The molecular formula is C14H27N3. The molecule has 0 aliphatic heterocycles. The van der Waals surface area contributed by atoms with Crippen LogP contribution in [0.25, 0.3) is 0 Å². The average Bonchev–Trinajstić information content (AvgIpc) is 2.26. The van der Waals surface area contributed by atoms with E-state index in [0.29, 0.717) is 11.5 Å². The van der Waals surface area contributed by atoms with Crippen LogP contribution in [-0.2, 0) is 0 Å². The van der Waals surface area contributed by atoms with Gasteiger partial charge < -0.3 is 10.6 Å². The first-order valence-electron chi connectivity index (χ1n) is 6.66. The third-order valence-electron chi connectivity index (χ3n) is 3.91. The Bertz CT molecular complexity index is 277. The molecule has 0 aromatic carbocycles. The molecule has 0 aromatic heterocycles. The van der Waals surface area contributed by atoms with E-state index in [1.54, 1.807) is 0 Å². The van der Waals surface area contributed by atoms with Crippen LogP contribution in [0, 0.1) is 16.7 Å². The number of nitriles is 1. The van der Waals surface area contributed by atoms with Crippen molar-refractivity contribution in [3.63, 3.8) is 0 Å². The first-order valence-corrected chi connectivity index (χ1v) is 6.66. The normalized spacial score (nSPS) is 30.3. The van der Waals surface area contributed by atoms with Crippen molar-refractivity contribution < 1.29 is 0 Å². The van der Waals surface area contributed by atoms with Gasteiger partial charge in [-0.3, -0.25) is 0 Å². The van der Waals surface area contributed by atoms with E-state index in [1.165, 1.54) is 6.42 Å². The van der Waals surface area contributed by atoms with E-state index < -0.39 is 5.54 Å². The average molecular weight is 237 g/mol. The molecule has 17 heavy (non-hydrogen) atoms. The quantitative estimate of drug-likeness (QED) is 0.820. The van der Waals surface area contributed by atoms with Crippen molar-refractivity contribution in [3.8, 4) is 6.07 Å². The standard InChI is InChI=1S/C14H27N3/c1-13(2,3)9-10-17(4)12-5-7-14(16,11-15)8-6-12/h12H,5-10,16H2,1-4H3. The molecule has 0 heterocycles. The molecule has 3 nitrogen and oxygen atoms in total. The first-order chi connectivity index (χ1) is 7.76. The molecule has 0 aromatic rings. The molecule has 0 saturated heterocycles. The fourth-order valence-corrected chi connectivity index (χ4v) is 2.36. The smallest absolute Gasteiger partial charge is 0.104 e. The number of rotatable bonds is 3. The summed E-state index contributed by atoms with van der Waals surface area (Å²) in [5.74, 6) is 0. The van der Waals surface area contributed by atoms with Gasteiger partial charge in [-0.15, -0.1) is 0 Å². The Labute approximate surface area is 106 Å². The summed E-state index contributed by atoms with van der Waals surface area (Å²) in [5.41, 5.74) is 5.83. The Morgan fingerprint density at radius 1 is 1.35 bits per heavy atom. The van der Waals surface area contributed by atoms with Gasteiger partial charge in [-0.1, -0.05) is 20.8 Å². The summed E-state index contributed by atoms with van der Waals surface area (Å²) >= 11 is 0. The predicted molar refractivity (Wildman–Crippen MR) is 71.5 cm³/mol. The summed E-state index contributed by atoms with van der Waals surface area (Å²) in [4.78, 5) is 2.45. The highest BCUT2D eigenvalue weighted by molar-refractivity contribution is 5.07. The van der Waals surface area contributed by atoms with Crippen molar-refractivity contribution in [2.24, 2.45) is 11.1 Å². The third-order valence-corrected chi connectivity index (χ3v) is 3.91. The lowest BCUT2D eigenvalue weighted by atomic mass is 9.80. The van der Waals surface area contributed by atoms with Gasteiger partial charge in [-0.2, -0.15) is 5.26 Å². The molecule has 2 N–H and O–H groups in total. The zero-order valence-electron chi connectivity index (χ0n) is 11.8. The van der Waals surface area contributed by atoms with Gasteiger partial charge >= 0.3 is 0 Å². The van der Waals surface area contributed by atoms with Crippen molar-refractivity contribution >= 4 is 0 Å². The molecule has 0 radical (unpaired) electrons. The van der Waals surface area contributed by atoms with Gasteiger partial charge in [0.1, 0.15) is 5.54 Å². The van der Waals surface area contributed by atoms with Crippen LogP contribution in [0.15, 0.2) is 0 Å². The van der Waals surface area contributed by atoms with Gasteiger partial charge in [0.05, 0.1) is 6.07 Å². The summed E-state index contributed by atoms with van der Waals surface area (Å²) in [6.45, 7) is 7.98. The molecular weight excluding hydrogens is 210 g/mol. The van der Waals surface area contributed by atoms with E-state index in [9.17, 15) is 0 Å². The highest BCUT2D eigenvalue weighted by Gasteiger charge is 2.33. The van der Waals surface area contributed by atoms with E-state index in [2.05, 4.69) is 38.8 Å². The van der Waals surface area contributed by atoms with Gasteiger partial charge in [0, 0.05) is 6.04 Å². The van der Waals surface area contributed by atoms with E-state index >= 15 is 0 Å². The van der Waals surface area contributed by atoms with E-state index in [-0.39, 0.29) is 0 Å². The zero-order valence-corrected chi connectivity index (χ0v) is 11.8. The maximum Gasteiger partial charge on any atom is 0.104 e. The van der Waals surface area contributed by atoms with E-state index in [4.69, 9.17) is 11.0 Å². The second kappa shape index (κ2) is 5.37. The van der Waals surface area contributed by atoms with E-state index in [1.807, 2.05) is 0 Å². The Kier molecular flexibility index (Phi) is 4.57. The monoisotopic (exact) mass is 237 g/mol. The molecule has 98 valence electrons. The molecule has 0 atom stereocenters. The SMILES string of the molecule is CN(CCC(C)(C)C)C1CCC(N)(C#N)CC1. The lowest BCUT2D eigenvalue weighted by Crippen LogP contribution is -2.47. The molecule has 0 unspecified atom stereocenters. The largest absolute Gasteiger partial charge is 0.313 e. The number of hydrogen-bond acceptors (Lipinski definition) is 3. The molecule has 1 aliphatic carbocycles. The summed E-state index contributed by atoms with van der Waals surface area (Å²) in [7, 11) is 2.20. The minimum absolute atomic E-state index is 0.396. The molecule has 1 aliphatic rings. The maximum atomic E-state index is 9.00. The highest BCUT2D eigenvalue weighted by atomic mass is 15.1. The van der Waals surface area contributed by atoms with Gasteiger partial charge in [0.15, 0.2) is 0 Å². The van der Waals surface area contributed by atoms with Gasteiger partial charge in [-0.05, 0) is 51.1 Å². The fourth-order valence-electron chi connectivity index (χ4n) is 2.36. The van der Waals surface area contributed by atoms with Crippen LogP contribution >= 0.6 is 0 Å². The van der Waals surface area contributed by atoms with Crippen LogP contribution in [0.1, 0.15) is 52.9 Å². The second-order valence-electron chi connectivity index (χ2n) is 6.79. The lowest BCUT2D eigenvalue weighted by molar-refractivity contribution is 0.151. The van der Waals surface area contributed by atoms with Crippen molar-refractivity contribution in [3.05, 3.63) is 0 Å². The third kappa shape index (κ3) is 4.65. The molecule has 0 amide bonds. The Hall–Kier alpha value is -0.590. The summed E-state index contributed by atoms with van der Waals surface area (Å²) in [6.07, 6.45) is 5.02. The fraction of sp³-hybridized carbons (Fsp3) is 0.929. The predicted octanol–water partition coefficient (Wildman–Crippen LogP) is 2.52. The van der Waals surface area contributed by atoms with E-state index in [0.717, 1.165) is 32.2 Å². The molecule has 1 saturated carbocycles. The zero-order chi connectivity index (χ0) is 13.1. The summed E-state index contributed by atoms with van der Waals surface area (Å²) in [6, 6.07) is 2.87. The first kappa shape index (κ1) is 14.5. The topological polar surface area (TPSA) is 53.0 Å².